The maximum absolute atomic E-state index is 14.0. The Labute approximate surface area is 237 Å². The number of fused-ring (bicyclic) bond motifs is 1. The van der Waals surface area contributed by atoms with Gasteiger partial charge in [0, 0.05) is 31.6 Å². The molecule has 3 aromatic rings. The molecule has 3 heterocycles. The molecule has 5 rings (SSSR count). The first-order valence-electron chi connectivity index (χ1n) is 13.4. The monoisotopic (exact) mass is 566 g/mol. The summed E-state index contributed by atoms with van der Waals surface area (Å²) >= 11 is 0. The van der Waals surface area contributed by atoms with E-state index >= 15 is 0 Å². The van der Waals surface area contributed by atoms with Crippen LogP contribution in [-0.4, -0.2) is 94.4 Å². The maximum Gasteiger partial charge on any atom is 0.290 e. The predicted octanol–water partition coefficient (Wildman–Crippen LogP) is 3.77. The predicted molar refractivity (Wildman–Crippen MR) is 149 cm³/mol. The highest BCUT2D eigenvalue weighted by Crippen LogP contribution is 2.46. The molecule has 2 aliphatic rings. The second kappa shape index (κ2) is 12.1. The zero-order valence-corrected chi connectivity index (χ0v) is 23.6. The van der Waals surface area contributed by atoms with E-state index in [0.717, 1.165) is 19.6 Å². The summed E-state index contributed by atoms with van der Waals surface area (Å²) in [6, 6.07) is 9.33. The Morgan fingerprint density at radius 1 is 0.951 bits per heavy atom. The summed E-state index contributed by atoms with van der Waals surface area (Å²) in [5.74, 6) is -0.339. The molecule has 1 atom stereocenters. The lowest BCUT2D eigenvalue weighted by atomic mass is 9.94. The second-order valence-electron chi connectivity index (χ2n) is 9.75. The average molecular weight is 567 g/mol. The summed E-state index contributed by atoms with van der Waals surface area (Å²) in [6.07, 6.45) is 0.628. The molecule has 0 aliphatic carbocycles. The minimum atomic E-state index is -0.927. The minimum absolute atomic E-state index is 0.0218. The molecule has 0 unspecified atom stereocenters. The number of nitrogens with zero attached hydrogens (tertiary/aromatic N) is 2. The van der Waals surface area contributed by atoms with Crippen molar-refractivity contribution < 1.29 is 42.8 Å². The molecule has 11 nitrogen and oxygen atoms in total. The second-order valence-corrected chi connectivity index (χ2v) is 9.75. The van der Waals surface area contributed by atoms with Crippen molar-refractivity contribution >= 4 is 22.7 Å². The van der Waals surface area contributed by atoms with E-state index in [-0.39, 0.29) is 11.3 Å². The summed E-state index contributed by atoms with van der Waals surface area (Å²) in [5.41, 5.74) is 0.823. The van der Waals surface area contributed by atoms with Gasteiger partial charge in [-0.15, -0.1) is 0 Å². The summed E-state index contributed by atoms with van der Waals surface area (Å²) in [7, 11) is 5.98. The normalized spacial score (nSPS) is 17.8. The Morgan fingerprint density at radius 2 is 1.63 bits per heavy atom. The van der Waals surface area contributed by atoms with Crippen molar-refractivity contribution in [3.63, 3.8) is 0 Å². The number of morpholine rings is 1. The maximum atomic E-state index is 14.0. The summed E-state index contributed by atoms with van der Waals surface area (Å²) in [4.78, 5) is 31.3. The van der Waals surface area contributed by atoms with E-state index < -0.39 is 23.5 Å². The Morgan fingerprint density at radius 3 is 2.27 bits per heavy atom. The molecule has 2 aromatic carbocycles. The van der Waals surface area contributed by atoms with Gasteiger partial charge < -0.3 is 38.1 Å². The molecule has 0 bridgehead atoms. The number of rotatable bonds is 11. The van der Waals surface area contributed by atoms with Crippen LogP contribution >= 0.6 is 0 Å². The van der Waals surface area contributed by atoms with Crippen LogP contribution < -0.4 is 18.9 Å². The highest BCUT2D eigenvalue weighted by atomic mass is 16.5. The van der Waals surface area contributed by atoms with Gasteiger partial charge in [-0.05, 0) is 36.2 Å². The standard InChI is InChI=1S/C30H34N2O9/c1-36-20-8-5-7-18-15-21(41-28(18)20)26(33)24-25(19-16-22(37-2)29(39-4)23(17-19)38-3)32(30(35)27(24)34)10-6-9-31-11-13-40-14-12-31/h5,7-8,15-17,25,34H,6,9-14H2,1-4H3/t25-/m1/s1. The SMILES string of the molecule is COc1cc([C@@H]2C(C(=O)c3cc4cccc(OC)c4o3)=C(O)C(=O)N2CCCN2CCOCC2)cc(OC)c1OC. The molecule has 218 valence electrons. The lowest BCUT2D eigenvalue weighted by Crippen LogP contribution is -2.39. The third kappa shape index (κ3) is 5.30. The first-order chi connectivity index (χ1) is 19.9. The molecule has 2 aliphatic heterocycles. The summed E-state index contributed by atoms with van der Waals surface area (Å²) in [5, 5.41) is 11.8. The van der Waals surface area contributed by atoms with Crippen molar-refractivity contribution in [2.75, 3.05) is 67.8 Å². The van der Waals surface area contributed by atoms with Crippen LogP contribution in [-0.2, 0) is 9.53 Å². The average Bonchev–Trinajstić information content (AvgIpc) is 3.55. The lowest BCUT2D eigenvalue weighted by molar-refractivity contribution is -0.129. The van der Waals surface area contributed by atoms with Gasteiger partial charge in [-0.2, -0.15) is 0 Å². The van der Waals surface area contributed by atoms with Crippen molar-refractivity contribution in [3.05, 3.63) is 59.1 Å². The van der Waals surface area contributed by atoms with Crippen LogP contribution in [0.4, 0.5) is 0 Å². The molecular formula is C30H34N2O9. The Balaban J connectivity index is 1.55. The highest BCUT2D eigenvalue weighted by Gasteiger charge is 2.45. The van der Waals surface area contributed by atoms with Gasteiger partial charge in [-0.25, -0.2) is 0 Å². The molecule has 1 aromatic heterocycles. The Bertz CT molecular complexity index is 1450. The van der Waals surface area contributed by atoms with E-state index in [2.05, 4.69) is 4.90 Å². The number of amides is 1. The van der Waals surface area contributed by atoms with E-state index in [4.69, 9.17) is 28.1 Å². The van der Waals surface area contributed by atoms with Crippen molar-refractivity contribution in [2.24, 2.45) is 0 Å². The third-order valence-corrected chi connectivity index (χ3v) is 7.48. The zero-order chi connectivity index (χ0) is 29.1. The molecular weight excluding hydrogens is 532 g/mol. The van der Waals surface area contributed by atoms with E-state index in [1.54, 1.807) is 36.4 Å². The van der Waals surface area contributed by atoms with Crippen LogP contribution in [0.25, 0.3) is 11.0 Å². The molecule has 11 heteroatoms. The number of hydrogen-bond acceptors (Lipinski definition) is 10. The van der Waals surface area contributed by atoms with Crippen LogP contribution in [0.5, 0.6) is 23.0 Å². The number of carbonyl (C=O) groups is 2. The highest BCUT2D eigenvalue weighted by molar-refractivity contribution is 6.16. The number of Topliss-reactive ketones (excluding diaryl/α,β-unsaturated/α-hetero) is 1. The van der Waals surface area contributed by atoms with E-state index in [1.165, 1.54) is 33.3 Å². The van der Waals surface area contributed by atoms with Gasteiger partial charge >= 0.3 is 0 Å². The van der Waals surface area contributed by atoms with Crippen LogP contribution in [0.2, 0.25) is 0 Å². The molecule has 0 radical (unpaired) electrons. The topological polar surface area (TPSA) is 120 Å². The van der Waals surface area contributed by atoms with Gasteiger partial charge in [0.05, 0.1) is 53.3 Å². The van der Waals surface area contributed by atoms with Gasteiger partial charge in [-0.1, -0.05) is 12.1 Å². The van der Waals surface area contributed by atoms with Crippen LogP contribution in [0, 0.1) is 0 Å². The molecule has 1 saturated heterocycles. The van der Waals surface area contributed by atoms with Gasteiger partial charge in [-0.3, -0.25) is 14.5 Å². The number of methoxy groups -OCH3 is 4. The number of aliphatic hydroxyl groups is 1. The summed E-state index contributed by atoms with van der Waals surface area (Å²) < 4.78 is 33.3. The van der Waals surface area contributed by atoms with Gasteiger partial charge in [0.15, 0.2) is 34.4 Å². The van der Waals surface area contributed by atoms with E-state index in [9.17, 15) is 14.7 Å². The molecule has 1 amide bonds. The van der Waals surface area contributed by atoms with Crippen molar-refractivity contribution in [1.29, 1.82) is 0 Å². The number of carbonyl (C=O) groups excluding carboxylic acids is 2. The first kappa shape index (κ1) is 28.3. The number of ketones is 1. The minimum Gasteiger partial charge on any atom is -0.503 e. The number of para-hydroxylation sites is 1. The van der Waals surface area contributed by atoms with Crippen molar-refractivity contribution in [2.45, 2.75) is 12.5 Å². The van der Waals surface area contributed by atoms with Crippen LogP contribution in [0.1, 0.15) is 28.6 Å². The van der Waals surface area contributed by atoms with Crippen LogP contribution in [0.15, 0.2) is 52.1 Å². The molecule has 41 heavy (non-hydrogen) atoms. The first-order valence-corrected chi connectivity index (χ1v) is 13.4. The quantitative estimate of drug-likeness (QED) is 0.344. The molecule has 1 fully saturated rings. The van der Waals surface area contributed by atoms with Gasteiger partial charge in [0.1, 0.15) is 0 Å². The number of benzene rings is 2. The molecule has 0 spiro atoms. The van der Waals surface area contributed by atoms with E-state index in [0.29, 0.717) is 65.7 Å². The fourth-order valence-corrected chi connectivity index (χ4v) is 5.45. The summed E-state index contributed by atoms with van der Waals surface area (Å²) in [6.45, 7) is 3.99. The number of aliphatic hydroxyl groups excluding tert-OH is 1. The van der Waals surface area contributed by atoms with E-state index in [1.807, 2.05) is 0 Å². The third-order valence-electron chi connectivity index (χ3n) is 7.48. The Hall–Kier alpha value is -4.22. The fourth-order valence-electron chi connectivity index (χ4n) is 5.45. The van der Waals surface area contributed by atoms with Crippen LogP contribution in [0.3, 0.4) is 0 Å². The van der Waals surface area contributed by atoms with Crippen molar-refractivity contribution in [1.82, 2.24) is 9.80 Å². The smallest absolute Gasteiger partial charge is 0.290 e. The Kier molecular flexibility index (Phi) is 8.36. The number of furan rings is 1. The van der Waals surface area contributed by atoms with Gasteiger partial charge in [0.2, 0.25) is 11.5 Å². The molecule has 0 saturated carbocycles. The van der Waals surface area contributed by atoms with Gasteiger partial charge in [0.25, 0.3) is 5.91 Å². The zero-order valence-electron chi connectivity index (χ0n) is 23.6. The number of ether oxygens (including phenoxy) is 5. The fraction of sp³-hybridized carbons (Fsp3) is 0.400. The molecule has 1 N–H and O–H groups in total. The lowest BCUT2D eigenvalue weighted by Gasteiger charge is -2.30. The van der Waals surface area contributed by atoms with Crippen molar-refractivity contribution in [3.8, 4) is 23.0 Å². The number of hydrogen-bond donors (Lipinski definition) is 1. The largest absolute Gasteiger partial charge is 0.503 e.